The number of hydrogen-bond acceptors (Lipinski definition) is 3. The van der Waals surface area contributed by atoms with Crippen molar-refractivity contribution in [3.63, 3.8) is 0 Å². The van der Waals surface area contributed by atoms with Crippen LogP contribution in [0.25, 0.3) is 0 Å². The van der Waals surface area contributed by atoms with E-state index in [2.05, 4.69) is 5.32 Å². The van der Waals surface area contributed by atoms with Crippen LogP contribution < -0.4 is 5.32 Å². The van der Waals surface area contributed by atoms with Crippen molar-refractivity contribution in [2.24, 2.45) is 11.3 Å². The zero-order valence-electron chi connectivity index (χ0n) is 21.0. The maximum Gasteiger partial charge on any atom is 0.416 e. The molecular formula is C31H29F4NO2. The Morgan fingerprint density at radius 3 is 2.13 bits per heavy atom. The highest BCUT2D eigenvalue weighted by Gasteiger charge is 2.49. The van der Waals surface area contributed by atoms with Crippen molar-refractivity contribution >= 4 is 11.6 Å². The fourth-order valence-electron chi connectivity index (χ4n) is 6.89. The number of hydrogen-bond donors (Lipinski definition) is 1. The number of allylic oxidation sites excluding steroid dienone is 4. The molecule has 1 atom stereocenters. The van der Waals surface area contributed by atoms with Gasteiger partial charge < -0.3 is 5.32 Å². The summed E-state index contributed by atoms with van der Waals surface area (Å²) in [6.07, 6.45) is 3.58. The van der Waals surface area contributed by atoms with Gasteiger partial charge in [-0.25, -0.2) is 4.39 Å². The van der Waals surface area contributed by atoms with Crippen LogP contribution in [0.3, 0.4) is 0 Å². The maximum absolute atomic E-state index is 14.2. The highest BCUT2D eigenvalue weighted by Crippen LogP contribution is 2.56. The summed E-state index contributed by atoms with van der Waals surface area (Å²) in [5.74, 6) is -1.42. The third kappa shape index (κ3) is 4.30. The molecule has 7 heteroatoms. The highest BCUT2D eigenvalue weighted by molar-refractivity contribution is 6.13. The minimum atomic E-state index is -4.51. The summed E-state index contributed by atoms with van der Waals surface area (Å²) in [5.41, 5.74) is 2.52. The molecule has 1 unspecified atom stereocenters. The molecule has 38 heavy (non-hydrogen) atoms. The van der Waals surface area contributed by atoms with E-state index in [0.717, 1.165) is 74.9 Å². The second-order valence-electron chi connectivity index (χ2n) is 11.3. The molecule has 4 aliphatic rings. The van der Waals surface area contributed by atoms with Crippen LogP contribution in [0.15, 0.2) is 71.1 Å². The summed E-state index contributed by atoms with van der Waals surface area (Å²) >= 11 is 0. The summed E-state index contributed by atoms with van der Waals surface area (Å²) in [6.45, 7) is 0. The zero-order chi connectivity index (χ0) is 26.7. The smallest absolute Gasteiger partial charge is 0.361 e. The summed E-state index contributed by atoms with van der Waals surface area (Å²) in [6, 6.07) is 10.1. The Morgan fingerprint density at radius 1 is 0.895 bits per heavy atom. The van der Waals surface area contributed by atoms with Gasteiger partial charge in [-0.05, 0) is 73.3 Å². The molecular weight excluding hydrogens is 494 g/mol. The molecule has 0 bridgehead atoms. The molecule has 2 fully saturated rings. The van der Waals surface area contributed by atoms with E-state index < -0.39 is 29.3 Å². The third-order valence-corrected chi connectivity index (χ3v) is 8.97. The number of rotatable bonds is 4. The van der Waals surface area contributed by atoms with Crippen molar-refractivity contribution in [2.75, 3.05) is 0 Å². The SMILES string of the molecule is O=C1CC2(CCC2)CC2=C1C(c1ccc(F)cc1)C(C(=O)c1ccc(C(F)(F)F)cc1)=C(C1CCCC1)N2. The van der Waals surface area contributed by atoms with Crippen molar-refractivity contribution < 1.29 is 27.2 Å². The van der Waals surface area contributed by atoms with Crippen LogP contribution in [0.2, 0.25) is 0 Å². The Labute approximate surface area is 219 Å². The number of halogens is 4. The van der Waals surface area contributed by atoms with Crippen molar-refractivity contribution in [2.45, 2.75) is 69.9 Å². The molecule has 0 aromatic heterocycles. The van der Waals surface area contributed by atoms with E-state index in [1.807, 2.05) is 0 Å². The molecule has 2 aromatic carbocycles. The molecule has 1 aliphatic heterocycles. The van der Waals surface area contributed by atoms with Crippen molar-refractivity contribution in [3.05, 3.63) is 93.6 Å². The standard InChI is InChI=1S/C31H29F4NO2/c32-22-12-8-18(9-13-22)25-26-23(16-30(14-3-15-30)17-24(26)37)36-28(19-4-1-2-5-19)27(25)29(38)20-6-10-21(11-7-20)31(33,34)35/h6-13,19,25,36H,1-5,14-17H2. The topological polar surface area (TPSA) is 46.2 Å². The average molecular weight is 524 g/mol. The zero-order valence-corrected chi connectivity index (χ0v) is 21.0. The molecule has 0 saturated heterocycles. The summed E-state index contributed by atoms with van der Waals surface area (Å²) < 4.78 is 53.5. The first-order valence-corrected chi connectivity index (χ1v) is 13.4. The first-order chi connectivity index (χ1) is 18.2. The van der Waals surface area contributed by atoms with Crippen LogP contribution >= 0.6 is 0 Å². The van der Waals surface area contributed by atoms with Crippen molar-refractivity contribution in [1.29, 1.82) is 0 Å². The number of dihydropyridines is 1. The predicted octanol–water partition coefficient (Wildman–Crippen LogP) is 7.65. The summed E-state index contributed by atoms with van der Waals surface area (Å²) in [4.78, 5) is 27.9. The van der Waals surface area contributed by atoms with E-state index in [1.54, 1.807) is 12.1 Å². The molecule has 0 amide bonds. The Morgan fingerprint density at radius 2 is 1.55 bits per heavy atom. The Hall–Kier alpha value is -3.22. The second kappa shape index (κ2) is 9.21. The Kier molecular flexibility index (Phi) is 6.08. The van der Waals surface area contributed by atoms with Gasteiger partial charge in [0, 0.05) is 40.4 Å². The van der Waals surface area contributed by atoms with Crippen LogP contribution in [0.1, 0.15) is 85.2 Å². The molecule has 1 spiro atoms. The van der Waals surface area contributed by atoms with Gasteiger partial charge in [0.25, 0.3) is 0 Å². The van der Waals surface area contributed by atoms with E-state index in [-0.39, 0.29) is 22.7 Å². The largest absolute Gasteiger partial charge is 0.416 e. The van der Waals surface area contributed by atoms with E-state index in [0.29, 0.717) is 23.1 Å². The van der Waals surface area contributed by atoms with Crippen molar-refractivity contribution in [1.82, 2.24) is 5.32 Å². The minimum absolute atomic E-state index is 0.00373. The van der Waals surface area contributed by atoms with E-state index in [1.165, 1.54) is 24.3 Å². The maximum atomic E-state index is 14.2. The third-order valence-electron chi connectivity index (χ3n) is 8.97. The molecule has 6 rings (SSSR count). The normalized spacial score (nSPS) is 23.4. The van der Waals surface area contributed by atoms with Crippen LogP contribution in [-0.2, 0) is 11.0 Å². The summed E-state index contributed by atoms with van der Waals surface area (Å²) in [5, 5.41) is 3.56. The lowest BCUT2D eigenvalue weighted by Crippen LogP contribution is -2.44. The molecule has 198 valence electrons. The van der Waals surface area contributed by atoms with Gasteiger partial charge in [-0.3, -0.25) is 9.59 Å². The Balaban J connectivity index is 1.51. The molecule has 1 N–H and O–H groups in total. The van der Waals surface area contributed by atoms with E-state index in [9.17, 15) is 27.2 Å². The van der Waals surface area contributed by atoms with Gasteiger partial charge in [-0.1, -0.05) is 43.5 Å². The molecule has 3 aliphatic carbocycles. The first-order valence-electron chi connectivity index (χ1n) is 13.4. The number of carbonyl (C=O) groups is 2. The lowest BCUT2D eigenvalue weighted by Gasteiger charge is -2.48. The molecule has 1 heterocycles. The van der Waals surface area contributed by atoms with Gasteiger partial charge >= 0.3 is 6.18 Å². The van der Waals surface area contributed by atoms with E-state index in [4.69, 9.17) is 0 Å². The lowest BCUT2D eigenvalue weighted by molar-refractivity contribution is -0.137. The molecule has 3 nitrogen and oxygen atoms in total. The van der Waals surface area contributed by atoms with Gasteiger partial charge in [0.15, 0.2) is 11.6 Å². The lowest BCUT2D eigenvalue weighted by atomic mass is 9.58. The van der Waals surface area contributed by atoms with Crippen molar-refractivity contribution in [3.8, 4) is 0 Å². The number of Topliss-reactive ketones (excluding diaryl/α,β-unsaturated/α-hetero) is 2. The number of alkyl halides is 3. The van der Waals surface area contributed by atoms with Gasteiger partial charge in [-0.15, -0.1) is 0 Å². The fraction of sp³-hybridized carbons (Fsp3) is 0.419. The van der Waals surface area contributed by atoms with E-state index >= 15 is 0 Å². The molecule has 2 saturated carbocycles. The number of nitrogens with one attached hydrogen (secondary N) is 1. The number of carbonyl (C=O) groups excluding carboxylic acids is 2. The number of ketones is 2. The monoisotopic (exact) mass is 523 g/mol. The van der Waals surface area contributed by atoms with Crippen LogP contribution in [0.4, 0.5) is 17.6 Å². The number of benzene rings is 2. The van der Waals surface area contributed by atoms with Crippen LogP contribution in [0, 0.1) is 17.2 Å². The van der Waals surface area contributed by atoms with Crippen LogP contribution in [-0.4, -0.2) is 11.6 Å². The Bertz CT molecular complexity index is 1340. The van der Waals surface area contributed by atoms with Gasteiger partial charge in [0.05, 0.1) is 5.56 Å². The van der Waals surface area contributed by atoms with Gasteiger partial charge in [0.2, 0.25) is 0 Å². The highest BCUT2D eigenvalue weighted by atomic mass is 19.4. The van der Waals surface area contributed by atoms with Crippen LogP contribution in [0.5, 0.6) is 0 Å². The first kappa shape index (κ1) is 25.1. The molecule has 0 radical (unpaired) electrons. The molecule has 2 aromatic rings. The van der Waals surface area contributed by atoms with Gasteiger partial charge in [-0.2, -0.15) is 13.2 Å². The second-order valence-corrected chi connectivity index (χ2v) is 11.3. The fourth-order valence-corrected chi connectivity index (χ4v) is 6.89. The minimum Gasteiger partial charge on any atom is -0.361 e. The van der Waals surface area contributed by atoms with Gasteiger partial charge in [0.1, 0.15) is 5.82 Å². The average Bonchev–Trinajstić information content (AvgIpc) is 3.41. The summed E-state index contributed by atoms with van der Waals surface area (Å²) in [7, 11) is 0. The predicted molar refractivity (Wildman–Crippen MR) is 135 cm³/mol. The quantitative estimate of drug-likeness (QED) is 0.331.